The summed E-state index contributed by atoms with van der Waals surface area (Å²) in [6.45, 7) is 0. The maximum absolute atomic E-state index is 12.3. The van der Waals surface area contributed by atoms with Crippen molar-refractivity contribution >= 4 is 16.7 Å². The second-order valence-corrected chi connectivity index (χ2v) is 4.10. The zero-order valence-corrected chi connectivity index (χ0v) is 9.87. The number of pyridine rings is 1. The predicted molar refractivity (Wildman–Crippen MR) is 68.4 cm³/mol. The lowest BCUT2D eigenvalue weighted by molar-refractivity contribution is 0.102. The SMILES string of the molecule is Cn1ccnc1C(=O)c1ccc2cccnc2c1. The molecule has 0 aliphatic heterocycles. The molecule has 2 heterocycles. The molecular weight excluding hydrogens is 226 g/mol. The van der Waals surface area contributed by atoms with Gasteiger partial charge in [-0.25, -0.2) is 4.98 Å². The highest BCUT2D eigenvalue weighted by Gasteiger charge is 2.13. The minimum atomic E-state index is -0.0879. The van der Waals surface area contributed by atoms with Crippen LogP contribution in [0.5, 0.6) is 0 Å². The molecule has 3 aromatic rings. The molecule has 0 saturated heterocycles. The van der Waals surface area contributed by atoms with E-state index in [9.17, 15) is 4.79 Å². The number of hydrogen-bond donors (Lipinski definition) is 0. The van der Waals surface area contributed by atoms with Crippen LogP contribution in [0.15, 0.2) is 48.9 Å². The molecule has 0 unspecified atom stereocenters. The Balaban J connectivity index is 2.10. The Hall–Kier alpha value is -2.49. The maximum atomic E-state index is 12.3. The summed E-state index contributed by atoms with van der Waals surface area (Å²) in [5.74, 6) is 0.348. The van der Waals surface area contributed by atoms with E-state index in [-0.39, 0.29) is 5.78 Å². The van der Waals surface area contributed by atoms with Crippen LogP contribution >= 0.6 is 0 Å². The molecule has 0 radical (unpaired) electrons. The molecule has 0 aliphatic rings. The number of fused-ring (bicyclic) bond motifs is 1. The molecule has 0 amide bonds. The number of nitrogens with zero attached hydrogens (tertiary/aromatic N) is 3. The molecule has 1 aromatic carbocycles. The van der Waals surface area contributed by atoms with Crippen LogP contribution in [-0.4, -0.2) is 20.3 Å². The fourth-order valence-corrected chi connectivity index (χ4v) is 1.92. The molecule has 88 valence electrons. The van der Waals surface area contributed by atoms with Gasteiger partial charge in [-0.1, -0.05) is 18.2 Å². The average Bonchev–Trinajstić information content (AvgIpc) is 2.83. The minimum Gasteiger partial charge on any atom is -0.331 e. The first-order valence-corrected chi connectivity index (χ1v) is 5.62. The standard InChI is InChI=1S/C14H11N3O/c1-17-8-7-16-14(17)13(18)11-5-4-10-3-2-6-15-12(10)9-11/h2-9H,1H3. The lowest BCUT2D eigenvalue weighted by Crippen LogP contribution is -2.08. The van der Waals surface area contributed by atoms with Crippen LogP contribution in [0.4, 0.5) is 0 Å². The van der Waals surface area contributed by atoms with E-state index in [1.54, 1.807) is 42.3 Å². The lowest BCUT2D eigenvalue weighted by Gasteiger charge is -2.02. The van der Waals surface area contributed by atoms with Crippen LogP contribution in [0.1, 0.15) is 16.2 Å². The summed E-state index contributed by atoms with van der Waals surface area (Å²) in [6.07, 6.45) is 5.09. The third-order valence-electron chi connectivity index (χ3n) is 2.89. The Morgan fingerprint density at radius 3 is 2.83 bits per heavy atom. The summed E-state index contributed by atoms with van der Waals surface area (Å²) in [6, 6.07) is 9.35. The first-order valence-electron chi connectivity index (χ1n) is 5.62. The summed E-state index contributed by atoms with van der Waals surface area (Å²) in [5, 5.41) is 1.02. The Bertz CT molecular complexity index is 730. The number of benzene rings is 1. The van der Waals surface area contributed by atoms with Crippen molar-refractivity contribution < 1.29 is 4.79 Å². The van der Waals surface area contributed by atoms with Crippen LogP contribution in [0.3, 0.4) is 0 Å². The highest BCUT2D eigenvalue weighted by molar-refractivity contribution is 6.08. The normalized spacial score (nSPS) is 10.7. The van der Waals surface area contributed by atoms with Gasteiger partial charge in [-0.3, -0.25) is 9.78 Å². The van der Waals surface area contributed by atoms with Crippen molar-refractivity contribution in [3.63, 3.8) is 0 Å². The Kier molecular flexibility index (Phi) is 2.41. The van der Waals surface area contributed by atoms with E-state index >= 15 is 0 Å². The van der Waals surface area contributed by atoms with Gasteiger partial charge in [-0.15, -0.1) is 0 Å². The fourth-order valence-electron chi connectivity index (χ4n) is 1.92. The topological polar surface area (TPSA) is 47.8 Å². The summed E-state index contributed by atoms with van der Waals surface area (Å²) in [4.78, 5) is 20.6. The fraction of sp³-hybridized carbons (Fsp3) is 0.0714. The number of carbonyl (C=O) groups is 1. The Morgan fingerprint density at radius 1 is 1.17 bits per heavy atom. The number of ketones is 1. The number of aromatic nitrogens is 3. The van der Waals surface area contributed by atoms with E-state index < -0.39 is 0 Å². The van der Waals surface area contributed by atoms with Crippen molar-refractivity contribution in [2.24, 2.45) is 7.05 Å². The molecule has 4 heteroatoms. The van der Waals surface area contributed by atoms with Gasteiger partial charge in [-0.2, -0.15) is 0 Å². The summed E-state index contributed by atoms with van der Waals surface area (Å²) in [5.41, 5.74) is 1.42. The summed E-state index contributed by atoms with van der Waals surface area (Å²) < 4.78 is 1.71. The lowest BCUT2D eigenvalue weighted by atomic mass is 10.1. The van der Waals surface area contributed by atoms with Gasteiger partial charge < -0.3 is 4.57 Å². The predicted octanol–water partition coefficient (Wildman–Crippen LogP) is 2.20. The molecule has 18 heavy (non-hydrogen) atoms. The maximum Gasteiger partial charge on any atom is 0.228 e. The number of aryl methyl sites for hydroxylation is 1. The van der Waals surface area contributed by atoms with Gasteiger partial charge in [0.2, 0.25) is 5.78 Å². The molecule has 0 atom stereocenters. The van der Waals surface area contributed by atoms with Crippen molar-refractivity contribution in [3.05, 3.63) is 60.3 Å². The van der Waals surface area contributed by atoms with E-state index in [2.05, 4.69) is 9.97 Å². The number of imidazole rings is 1. The van der Waals surface area contributed by atoms with Crippen LogP contribution in [-0.2, 0) is 7.05 Å². The van der Waals surface area contributed by atoms with Crippen LogP contribution in [0, 0.1) is 0 Å². The first kappa shape index (κ1) is 10.7. The van der Waals surface area contributed by atoms with Gasteiger partial charge in [0.25, 0.3) is 0 Å². The molecule has 0 fully saturated rings. The van der Waals surface area contributed by atoms with Gasteiger partial charge in [0.05, 0.1) is 5.52 Å². The third-order valence-corrected chi connectivity index (χ3v) is 2.89. The largest absolute Gasteiger partial charge is 0.331 e. The smallest absolute Gasteiger partial charge is 0.228 e. The van der Waals surface area contributed by atoms with Crippen molar-refractivity contribution in [2.75, 3.05) is 0 Å². The zero-order chi connectivity index (χ0) is 12.5. The highest BCUT2D eigenvalue weighted by atomic mass is 16.1. The number of rotatable bonds is 2. The monoisotopic (exact) mass is 237 g/mol. The Morgan fingerprint density at radius 2 is 2.06 bits per heavy atom. The van der Waals surface area contributed by atoms with E-state index in [0.29, 0.717) is 11.4 Å². The quantitative estimate of drug-likeness (QED) is 0.642. The van der Waals surface area contributed by atoms with E-state index in [1.807, 2.05) is 18.2 Å². The number of hydrogen-bond acceptors (Lipinski definition) is 3. The van der Waals surface area contributed by atoms with Crippen molar-refractivity contribution in [1.82, 2.24) is 14.5 Å². The van der Waals surface area contributed by atoms with Crippen molar-refractivity contribution in [2.45, 2.75) is 0 Å². The van der Waals surface area contributed by atoms with E-state index in [0.717, 1.165) is 10.9 Å². The average molecular weight is 237 g/mol. The second-order valence-electron chi connectivity index (χ2n) is 4.10. The first-order chi connectivity index (χ1) is 8.75. The molecule has 0 spiro atoms. The molecular formula is C14H11N3O. The third kappa shape index (κ3) is 1.68. The van der Waals surface area contributed by atoms with E-state index in [4.69, 9.17) is 0 Å². The molecule has 2 aromatic heterocycles. The molecule has 4 nitrogen and oxygen atoms in total. The highest BCUT2D eigenvalue weighted by Crippen LogP contribution is 2.15. The van der Waals surface area contributed by atoms with Gasteiger partial charge in [0, 0.05) is 36.6 Å². The minimum absolute atomic E-state index is 0.0879. The Labute approximate surface area is 104 Å². The molecule has 0 N–H and O–H groups in total. The van der Waals surface area contributed by atoms with Gasteiger partial charge >= 0.3 is 0 Å². The van der Waals surface area contributed by atoms with Crippen LogP contribution in [0.25, 0.3) is 10.9 Å². The van der Waals surface area contributed by atoms with Gasteiger partial charge in [0.15, 0.2) is 5.82 Å². The molecule has 0 saturated carbocycles. The van der Waals surface area contributed by atoms with Crippen molar-refractivity contribution in [3.8, 4) is 0 Å². The molecule has 0 aliphatic carbocycles. The zero-order valence-electron chi connectivity index (χ0n) is 9.87. The van der Waals surface area contributed by atoms with Crippen LogP contribution in [0.2, 0.25) is 0 Å². The second kappa shape index (κ2) is 4.07. The van der Waals surface area contributed by atoms with Crippen LogP contribution < -0.4 is 0 Å². The van der Waals surface area contributed by atoms with Crippen molar-refractivity contribution in [1.29, 1.82) is 0 Å². The van der Waals surface area contributed by atoms with Gasteiger partial charge in [0.1, 0.15) is 0 Å². The molecule has 0 bridgehead atoms. The molecule has 3 rings (SSSR count). The number of carbonyl (C=O) groups excluding carboxylic acids is 1. The van der Waals surface area contributed by atoms with E-state index in [1.165, 1.54) is 0 Å². The summed E-state index contributed by atoms with van der Waals surface area (Å²) >= 11 is 0. The van der Waals surface area contributed by atoms with Gasteiger partial charge in [-0.05, 0) is 12.1 Å². The summed E-state index contributed by atoms with van der Waals surface area (Å²) in [7, 11) is 1.81.